The molecule has 0 saturated carbocycles. The zero-order chi connectivity index (χ0) is 35.0. The number of methoxy groups -OCH3 is 1. The fraction of sp³-hybridized carbons (Fsp3) is 0.719. The Balaban J connectivity index is 1.13. The molecular formula is C32H50ClN5O10. The highest BCUT2D eigenvalue weighted by Crippen LogP contribution is 2.38. The minimum atomic E-state index is -1.77. The average Bonchev–Trinajstić information content (AvgIpc) is 3.59. The lowest BCUT2D eigenvalue weighted by molar-refractivity contribution is -0.133. The van der Waals surface area contributed by atoms with Gasteiger partial charge in [-0.1, -0.05) is 11.6 Å². The number of benzene rings is 1. The summed E-state index contributed by atoms with van der Waals surface area (Å²) in [6.45, 7) is 2.92. The number of aliphatic hydroxyl groups excluding tert-OH is 5. The largest absolute Gasteiger partial charge is 0.492 e. The van der Waals surface area contributed by atoms with Crippen molar-refractivity contribution in [2.45, 2.75) is 81.5 Å². The molecule has 48 heavy (non-hydrogen) atoms. The van der Waals surface area contributed by atoms with E-state index in [9.17, 15) is 34.8 Å². The highest BCUT2D eigenvalue weighted by Gasteiger charge is 2.34. The van der Waals surface area contributed by atoms with E-state index in [4.69, 9.17) is 31.9 Å². The first kappa shape index (κ1) is 38.0. The van der Waals surface area contributed by atoms with E-state index in [0.717, 1.165) is 37.9 Å². The van der Waals surface area contributed by atoms with E-state index in [-0.39, 0.29) is 43.3 Å². The first-order valence-electron chi connectivity index (χ1n) is 16.6. The van der Waals surface area contributed by atoms with Crippen LogP contribution >= 0.6 is 11.6 Å². The zero-order valence-corrected chi connectivity index (χ0v) is 28.1. The van der Waals surface area contributed by atoms with Crippen molar-refractivity contribution in [3.8, 4) is 5.75 Å². The molecule has 3 amide bonds. The maximum atomic E-state index is 13.3. The lowest BCUT2D eigenvalue weighted by Crippen LogP contribution is -2.55. The molecule has 1 aromatic rings. The van der Waals surface area contributed by atoms with Gasteiger partial charge in [0.05, 0.1) is 47.7 Å². The topological polar surface area (TPSA) is 227 Å². The summed E-state index contributed by atoms with van der Waals surface area (Å²) < 4.78 is 11.5. The Hall–Kier alpha value is -2.76. The van der Waals surface area contributed by atoms with Crippen LogP contribution in [0.5, 0.6) is 5.75 Å². The molecule has 15 nitrogen and oxygen atoms in total. The van der Waals surface area contributed by atoms with Gasteiger partial charge in [-0.2, -0.15) is 0 Å². The molecule has 3 aliphatic rings. The summed E-state index contributed by atoms with van der Waals surface area (Å²) in [6.07, 6.45) is -3.26. The van der Waals surface area contributed by atoms with E-state index in [1.165, 1.54) is 0 Å². The third kappa shape index (κ3) is 9.69. The number of piperidine rings is 2. The van der Waals surface area contributed by atoms with Crippen LogP contribution < -0.4 is 21.1 Å². The second-order valence-corrected chi connectivity index (χ2v) is 13.3. The van der Waals surface area contributed by atoms with E-state index < -0.39 is 36.9 Å². The molecule has 0 bridgehead atoms. The Bertz CT molecular complexity index is 1270. The Morgan fingerprint density at radius 3 is 2.48 bits per heavy atom. The van der Waals surface area contributed by atoms with E-state index in [1.807, 2.05) is 4.90 Å². The highest BCUT2D eigenvalue weighted by molar-refractivity contribution is 6.33. The first-order valence-corrected chi connectivity index (χ1v) is 17.0. The minimum absolute atomic E-state index is 0.0211. The molecule has 0 spiro atoms. The lowest BCUT2D eigenvalue weighted by Gasteiger charge is -2.41. The number of hydrogen-bond donors (Lipinski definition) is 8. The number of nitrogen functional groups attached to an aromatic ring is 1. The molecule has 0 unspecified atom stereocenters. The number of fused-ring (bicyclic) bond motifs is 1. The van der Waals surface area contributed by atoms with Crippen LogP contribution in [0, 0.1) is 5.92 Å². The summed E-state index contributed by atoms with van der Waals surface area (Å²) in [5.74, 6) is 0.209. The summed E-state index contributed by atoms with van der Waals surface area (Å²) in [5.41, 5.74) is 7.69. The molecule has 16 heteroatoms. The quantitative estimate of drug-likeness (QED) is 0.0994. The van der Waals surface area contributed by atoms with Gasteiger partial charge in [0.15, 0.2) is 0 Å². The van der Waals surface area contributed by atoms with E-state index >= 15 is 0 Å². The van der Waals surface area contributed by atoms with Crippen LogP contribution in [0.15, 0.2) is 6.07 Å². The number of amides is 3. The highest BCUT2D eigenvalue weighted by atomic mass is 35.5. The summed E-state index contributed by atoms with van der Waals surface area (Å²) in [5, 5.41) is 53.5. The fourth-order valence-corrected chi connectivity index (χ4v) is 6.83. The number of rotatable bonds is 15. The van der Waals surface area contributed by atoms with Crippen LogP contribution in [-0.4, -0.2) is 149 Å². The maximum absolute atomic E-state index is 13.3. The van der Waals surface area contributed by atoms with Crippen molar-refractivity contribution in [2.24, 2.45) is 5.92 Å². The molecular weight excluding hydrogens is 650 g/mol. The molecule has 3 aliphatic heterocycles. The maximum Gasteiger partial charge on any atom is 0.255 e. The van der Waals surface area contributed by atoms with Gasteiger partial charge in [0.1, 0.15) is 24.1 Å². The van der Waals surface area contributed by atoms with Crippen LogP contribution in [-0.2, 0) is 20.7 Å². The van der Waals surface area contributed by atoms with Gasteiger partial charge in [-0.15, -0.1) is 0 Å². The van der Waals surface area contributed by atoms with Gasteiger partial charge < -0.3 is 61.2 Å². The van der Waals surface area contributed by atoms with E-state index in [1.54, 1.807) is 13.2 Å². The molecule has 270 valence electrons. The summed E-state index contributed by atoms with van der Waals surface area (Å²) in [4.78, 5) is 42.3. The van der Waals surface area contributed by atoms with Crippen molar-refractivity contribution in [3.63, 3.8) is 0 Å². The van der Waals surface area contributed by atoms with Crippen molar-refractivity contribution < 1.29 is 49.4 Å². The second-order valence-electron chi connectivity index (χ2n) is 12.9. The number of nitrogens with one attached hydrogen (secondary N) is 2. The zero-order valence-electron chi connectivity index (χ0n) is 27.4. The van der Waals surface area contributed by atoms with Crippen molar-refractivity contribution in [1.82, 2.24) is 20.4 Å². The molecule has 4 rings (SSSR count). The summed E-state index contributed by atoms with van der Waals surface area (Å²) >= 11 is 6.30. The molecule has 3 heterocycles. The molecule has 2 saturated heterocycles. The number of ether oxygens (including phenoxy) is 2. The van der Waals surface area contributed by atoms with Crippen LogP contribution in [0.25, 0.3) is 0 Å². The van der Waals surface area contributed by atoms with Gasteiger partial charge in [0.25, 0.3) is 5.91 Å². The molecule has 6 atom stereocenters. The Kier molecular flexibility index (Phi) is 14.1. The van der Waals surface area contributed by atoms with Gasteiger partial charge in [0, 0.05) is 71.2 Å². The predicted octanol–water partition coefficient (Wildman–Crippen LogP) is -1.36. The number of likely N-dealkylation sites (tertiary alicyclic amines) is 2. The standard InChI is InChI=1S/C32H50ClN5O10/c1-47-25-16-37(9-7-22(25)36-32(46)20-13-21(33)28(34)19-8-12-48-31(19)20)15-18-5-10-38(11-6-18)27(43)4-2-3-26(42)35-14-23(40)29(44)30(45)24(41)17-39/h13,18,22-25,29-30,39-41,44-45H,2-12,14-17,34H2,1H3,(H,35,42)(H,36,46)/t22-,23+,24-,25+,29-,30-/m1/s1. The first-order chi connectivity index (χ1) is 22.9. The van der Waals surface area contributed by atoms with Crippen molar-refractivity contribution in [1.29, 1.82) is 0 Å². The molecule has 1 aromatic carbocycles. The summed E-state index contributed by atoms with van der Waals surface area (Å²) in [6, 6.07) is 1.39. The second kappa shape index (κ2) is 17.8. The lowest BCUT2D eigenvalue weighted by atomic mass is 9.93. The minimum Gasteiger partial charge on any atom is -0.492 e. The third-order valence-electron chi connectivity index (χ3n) is 9.59. The number of carbonyl (C=O) groups is 3. The van der Waals surface area contributed by atoms with Crippen LogP contribution in [0.1, 0.15) is 54.4 Å². The van der Waals surface area contributed by atoms with Crippen LogP contribution in [0.4, 0.5) is 5.69 Å². The molecule has 0 aromatic heterocycles. The number of carbonyl (C=O) groups excluding carboxylic acids is 3. The summed E-state index contributed by atoms with van der Waals surface area (Å²) in [7, 11) is 1.65. The van der Waals surface area contributed by atoms with Crippen molar-refractivity contribution in [2.75, 3.05) is 65.3 Å². The predicted molar refractivity (Wildman–Crippen MR) is 175 cm³/mol. The van der Waals surface area contributed by atoms with E-state index in [2.05, 4.69) is 15.5 Å². The molecule has 0 aliphatic carbocycles. The van der Waals surface area contributed by atoms with Gasteiger partial charge in [-0.25, -0.2) is 0 Å². The fourth-order valence-electron chi connectivity index (χ4n) is 6.61. The average molecular weight is 700 g/mol. The number of anilines is 1. The number of halogens is 1. The monoisotopic (exact) mass is 699 g/mol. The Morgan fingerprint density at radius 2 is 1.79 bits per heavy atom. The molecule has 0 radical (unpaired) electrons. The van der Waals surface area contributed by atoms with Crippen LogP contribution in [0.3, 0.4) is 0 Å². The van der Waals surface area contributed by atoms with Crippen molar-refractivity contribution in [3.05, 3.63) is 22.2 Å². The number of aliphatic hydroxyl groups is 5. The normalized spacial score (nSPS) is 22.7. The van der Waals surface area contributed by atoms with Crippen molar-refractivity contribution >= 4 is 35.0 Å². The number of hydrogen-bond acceptors (Lipinski definition) is 12. The van der Waals surface area contributed by atoms with Crippen LogP contribution in [0.2, 0.25) is 5.02 Å². The van der Waals surface area contributed by atoms with Gasteiger partial charge >= 0.3 is 0 Å². The number of nitrogens with zero attached hydrogens (tertiary/aromatic N) is 2. The smallest absolute Gasteiger partial charge is 0.255 e. The van der Waals surface area contributed by atoms with Gasteiger partial charge in [-0.05, 0) is 37.7 Å². The molecule has 9 N–H and O–H groups in total. The Morgan fingerprint density at radius 1 is 1.08 bits per heavy atom. The molecule has 2 fully saturated rings. The van der Waals surface area contributed by atoms with Gasteiger partial charge in [0.2, 0.25) is 11.8 Å². The Labute approximate surface area is 285 Å². The van der Waals surface area contributed by atoms with Gasteiger partial charge in [-0.3, -0.25) is 14.4 Å². The number of nitrogens with two attached hydrogens (primary N) is 1. The SMILES string of the molecule is CO[C@H]1CN(CC2CCN(C(=O)CCCC(=O)NC[C@H](O)[C@@H](O)[C@H](O)[C@H](O)CO)CC2)CC[C@H]1NC(=O)c1cc(Cl)c(N)c2c1OCC2. The third-order valence-corrected chi connectivity index (χ3v) is 9.90. The van der Waals surface area contributed by atoms with E-state index in [0.29, 0.717) is 67.0 Å².